The van der Waals surface area contributed by atoms with Crippen LogP contribution >= 0.6 is 0 Å². The lowest BCUT2D eigenvalue weighted by Crippen LogP contribution is -2.18. The van der Waals surface area contributed by atoms with Crippen molar-refractivity contribution in [2.24, 2.45) is 0 Å². The fourth-order valence-corrected chi connectivity index (χ4v) is 1.06. The summed E-state index contributed by atoms with van der Waals surface area (Å²) < 4.78 is 49.9. The number of aliphatic carboxylic acids is 1. The number of hydrogen-bond acceptors (Lipinski definition) is 2. The molecule has 1 aromatic rings. The number of benzene rings is 1. The molecule has 1 aromatic carbocycles. The van der Waals surface area contributed by atoms with E-state index in [0.717, 1.165) is 12.1 Å². The highest BCUT2D eigenvalue weighted by atomic mass is 19.4. The van der Waals surface area contributed by atoms with Crippen LogP contribution in [0.3, 0.4) is 0 Å². The second kappa shape index (κ2) is 4.34. The molecule has 6 heteroatoms. The molecule has 0 saturated carbocycles. The highest BCUT2D eigenvalue weighted by molar-refractivity contribution is 5.83. The van der Waals surface area contributed by atoms with Gasteiger partial charge in [-0.15, -0.1) is 0 Å². The standard InChI is InChI=1S/C10H6F4O2/c11-9-6(4-5-8(15)16)2-1-3-7(9)10(12,13)14/h1-5H,(H,15,16)/p-1/b5-4+. The SMILES string of the molecule is O=C([O-])/C=C/c1cccc(C(F)(F)F)c1F. The zero-order valence-corrected chi connectivity index (χ0v) is 7.72. The van der Waals surface area contributed by atoms with Gasteiger partial charge in [-0.25, -0.2) is 4.39 Å². The van der Waals surface area contributed by atoms with Crippen molar-refractivity contribution in [2.45, 2.75) is 6.18 Å². The van der Waals surface area contributed by atoms with Crippen molar-refractivity contribution in [3.05, 3.63) is 41.2 Å². The molecule has 0 aliphatic carbocycles. The molecule has 1 rings (SSSR count). The van der Waals surface area contributed by atoms with E-state index in [9.17, 15) is 27.5 Å². The molecule has 86 valence electrons. The third kappa shape index (κ3) is 2.82. The first-order chi connectivity index (χ1) is 7.32. The summed E-state index contributed by atoms with van der Waals surface area (Å²) in [5.41, 5.74) is -1.90. The van der Waals surface area contributed by atoms with Crippen LogP contribution in [0.25, 0.3) is 6.08 Å². The predicted octanol–water partition coefficient (Wildman–Crippen LogP) is 1.61. The second-order valence-electron chi connectivity index (χ2n) is 2.86. The Morgan fingerprint density at radius 2 is 1.94 bits per heavy atom. The van der Waals surface area contributed by atoms with Crippen molar-refractivity contribution < 1.29 is 27.5 Å². The van der Waals surface area contributed by atoms with Gasteiger partial charge in [0.1, 0.15) is 5.82 Å². The quantitative estimate of drug-likeness (QED) is 0.575. The van der Waals surface area contributed by atoms with E-state index in [0.29, 0.717) is 18.2 Å². The summed E-state index contributed by atoms with van der Waals surface area (Å²) in [5.74, 6) is -3.12. The van der Waals surface area contributed by atoms with Crippen molar-refractivity contribution >= 4 is 12.0 Å². The molecular weight excluding hydrogens is 228 g/mol. The van der Waals surface area contributed by atoms with E-state index < -0.39 is 29.1 Å². The van der Waals surface area contributed by atoms with Gasteiger partial charge in [0.15, 0.2) is 0 Å². The molecule has 16 heavy (non-hydrogen) atoms. The van der Waals surface area contributed by atoms with E-state index in [1.807, 2.05) is 0 Å². The van der Waals surface area contributed by atoms with Crippen LogP contribution in [0.5, 0.6) is 0 Å². The van der Waals surface area contributed by atoms with Gasteiger partial charge in [0.2, 0.25) is 0 Å². The molecule has 0 amide bonds. The maximum absolute atomic E-state index is 13.2. The van der Waals surface area contributed by atoms with Crippen molar-refractivity contribution in [3.63, 3.8) is 0 Å². The van der Waals surface area contributed by atoms with Crippen LogP contribution in [0.1, 0.15) is 11.1 Å². The Balaban J connectivity index is 3.19. The van der Waals surface area contributed by atoms with Crippen LogP contribution in [0.4, 0.5) is 17.6 Å². The van der Waals surface area contributed by atoms with E-state index in [2.05, 4.69) is 0 Å². The highest BCUT2D eigenvalue weighted by Crippen LogP contribution is 2.32. The summed E-state index contributed by atoms with van der Waals surface area (Å²) in [7, 11) is 0. The van der Waals surface area contributed by atoms with Gasteiger partial charge in [0, 0.05) is 5.56 Å². The van der Waals surface area contributed by atoms with Gasteiger partial charge in [-0.1, -0.05) is 18.2 Å². The third-order valence-corrected chi connectivity index (χ3v) is 1.73. The summed E-state index contributed by atoms with van der Waals surface area (Å²) in [6.45, 7) is 0. The molecule has 0 atom stereocenters. The molecular formula is C10H5F4O2-. The molecule has 0 aliphatic heterocycles. The Hall–Kier alpha value is -1.85. The van der Waals surface area contributed by atoms with Gasteiger partial charge in [0.25, 0.3) is 0 Å². The summed E-state index contributed by atoms with van der Waals surface area (Å²) >= 11 is 0. The molecule has 2 nitrogen and oxygen atoms in total. The lowest BCUT2D eigenvalue weighted by molar-refractivity contribution is -0.297. The fourth-order valence-electron chi connectivity index (χ4n) is 1.06. The largest absolute Gasteiger partial charge is 0.545 e. The summed E-state index contributed by atoms with van der Waals surface area (Å²) in [6, 6.07) is 2.59. The number of halogens is 4. The molecule has 0 aromatic heterocycles. The van der Waals surface area contributed by atoms with Gasteiger partial charge < -0.3 is 9.90 Å². The molecule has 0 fully saturated rings. The number of carbonyl (C=O) groups is 1. The van der Waals surface area contributed by atoms with Gasteiger partial charge in [0.05, 0.1) is 11.5 Å². The van der Waals surface area contributed by atoms with Crippen molar-refractivity contribution in [1.82, 2.24) is 0 Å². The third-order valence-electron chi connectivity index (χ3n) is 1.73. The molecule has 0 radical (unpaired) electrons. The Kier molecular flexibility index (Phi) is 3.31. The van der Waals surface area contributed by atoms with Crippen LogP contribution in [0, 0.1) is 5.82 Å². The Morgan fingerprint density at radius 1 is 1.31 bits per heavy atom. The van der Waals surface area contributed by atoms with Gasteiger partial charge >= 0.3 is 6.18 Å². The highest BCUT2D eigenvalue weighted by Gasteiger charge is 2.34. The van der Waals surface area contributed by atoms with Crippen LogP contribution in [-0.2, 0) is 11.0 Å². The molecule has 0 bridgehead atoms. The molecule has 0 unspecified atom stereocenters. The van der Waals surface area contributed by atoms with E-state index in [1.54, 1.807) is 0 Å². The van der Waals surface area contributed by atoms with Crippen molar-refractivity contribution in [3.8, 4) is 0 Å². The summed E-state index contributed by atoms with van der Waals surface area (Å²) in [4.78, 5) is 10.0. The predicted molar refractivity (Wildman–Crippen MR) is 45.4 cm³/mol. The van der Waals surface area contributed by atoms with Gasteiger partial charge in [-0.05, 0) is 12.1 Å². The first-order valence-electron chi connectivity index (χ1n) is 4.07. The first kappa shape index (κ1) is 12.2. The van der Waals surface area contributed by atoms with E-state index in [1.165, 1.54) is 0 Å². The molecule has 0 N–H and O–H groups in total. The number of hydrogen-bond donors (Lipinski definition) is 0. The van der Waals surface area contributed by atoms with E-state index in [4.69, 9.17) is 0 Å². The van der Waals surface area contributed by atoms with Gasteiger partial charge in [-0.3, -0.25) is 0 Å². The molecule has 0 spiro atoms. The topological polar surface area (TPSA) is 40.1 Å². The summed E-state index contributed by atoms with van der Waals surface area (Å²) in [6.07, 6.45) is -3.64. The van der Waals surface area contributed by atoms with Crippen LogP contribution in [0.15, 0.2) is 24.3 Å². The molecule has 0 aliphatic rings. The maximum atomic E-state index is 13.2. The van der Waals surface area contributed by atoms with Crippen LogP contribution in [-0.4, -0.2) is 5.97 Å². The van der Waals surface area contributed by atoms with Crippen molar-refractivity contribution in [1.29, 1.82) is 0 Å². The minimum atomic E-state index is -4.81. The summed E-state index contributed by atoms with van der Waals surface area (Å²) in [5, 5.41) is 10.0. The second-order valence-corrected chi connectivity index (χ2v) is 2.86. The number of carbonyl (C=O) groups excluding carboxylic acids is 1. The molecule has 0 saturated heterocycles. The van der Waals surface area contributed by atoms with E-state index in [-0.39, 0.29) is 0 Å². The number of rotatable bonds is 2. The lowest BCUT2D eigenvalue weighted by Gasteiger charge is -2.09. The molecule has 0 heterocycles. The smallest absolute Gasteiger partial charge is 0.419 e. The Bertz CT molecular complexity index is 435. The minimum absolute atomic E-state index is 0.457. The average Bonchev–Trinajstić information content (AvgIpc) is 2.14. The Morgan fingerprint density at radius 3 is 2.44 bits per heavy atom. The van der Waals surface area contributed by atoms with Crippen LogP contribution < -0.4 is 5.11 Å². The Labute approximate surface area is 87.8 Å². The zero-order chi connectivity index (χ0) is 12.3. The minimum Gasteiger partial charge on any atom is -0.545 e. The first-order valence-corrected chi connectivity index (χ1v) is 4.07. The van der Waals surface area contributed by atoms with E-state index >= 15 is 0 Å². The lowest BCUT2D eigenvalue weighted by atomic mass is 10.1. The zero-order valence-electron chi connectivity index (χ0n) is 7.72. The number of carboxylic acid groups (broad SMARTS) is 1. The normalized spacial score (nSPS) is 12.0. The van der Waals surface area contributed by atoms with Crippen molar-refractivity contribution in [2.75, 3.05) is 0 Å². The van der Waals surface area contributed by atoms with Gasteiger partial charge in [-0.2, -0.15) is 13.2 Å². The number of alkyl halides is 3. The number of carboxylic acids is 1. The average molecular weight is 233 g/mol. The fraction of sp³-hybridized carbons (Fsp3) is 0.100. The maximum Gasteiger partial charge on any atom is 0.419 e. The van der Waals surface area contributed by atoms with Crippen LogP contribution in [0.2, 0.25) is 0 Å². The monoisotopic (exact) mass is 233 g/mol.